The van der Waals surface area contributed by atoms with Gasteiger partial charge < -0.3 is 5.32 Å². The fourth-order valence-corrected chi connectivity index (χ4v) is 3.85. The summed E-state index contributed by atoms with van der Waals surface area (Å²) in [5.41, 5.74) is 1.87. The molecule has 0 radical (unpaired) electrons. The van der Waals surface area contributed by atoms with Gasteiger partial charge in [0.05, 0.1) is 4.90 Å². The van der Waals surface area contributed by atoms with Gasteiger partial charge in [-0.15, -0.1) is 0 Å². The first-order valence-corrected chi connectivity index (χ1v) is 8.64. The van der Waals surface area contributed by atoms with E-state index in [1.807, 2.05) is 19.1 Å². The Bertz CT molecular complexity index is 582. The Hall–Kier alpha value is -0.910. The molecule has 2 atom stereocenters. The summed E-state index contributed by atoms with van der Waals surface area (Å²) in [7, 11) is -3.40. The van der Waals surface area contributed by atoms with E-state index in [1.165, 1.54) is 0 Å². The zero-order valence-corrected chi connectivity index (χ0v) is 13.4. The summed E-state index contributed by atoms with van der Waals surface area (Å²) in [6, 6.07) is 5.96. The van der Waals surface area contributed by atoms with Gasteiger partial charge >= 0.3 is 0 Å². The Morgan fingerprint density at radius 2 is 2.00 bits per heavy atom. The SMILES string of the molecule is Cc1c(CNC(C)C)cccc1S(=O)(=O)NC1CC1C. The van der Waals surface area contributed by atoms with Crippen molar-refractivity contribution in [2.24, 2.45) is 5.92 Å². The summed E-state index contributed by atoms with van der Waals surface area (Å²) in [5.74, 6) is 0.455. The summed E-state index contributed by atoms with van der Waals surface area (Å²) in [6.07, 6.45) is 0.937. The average Bonchev–Trinajstić information content (AvgIpc) is 3.02. The number of benzene rings is 1. The first kappa shape index (κ1) is 15.5. The topological polar surface area (TPSA) is 58.2 Å². The van der Waals surface area contributed by atoms with E-state index >= 15 is 0 Å². The maximum Gasteiger partial charge on any atom is 0.241 e. The average molecular weight is 296 g/mol. The number of rotatable bonds is 6. The Labute approximate surface area is 122 Å². The van der Waals surface area contributed by atoms with Crippen molar-refractivity contribution in [1.82, 2.24) is 10.0 Å². The van der Waals surface area contributed by atoms with E-state index < -0.39 is 10.0 Å². The monoisotopic (exact) mass is 296 g/mol. The molecule has 0 heterocycles. The summed E-state index contributed by atoms with van der Waals surface area (Å²) in [5, 5.41) is 3.33. The van der Waals surface area contributed by atoms with Crippen LogP contribution in [0.4, 0.5) is 0 Å². The molecule has 2 unspecified atom stereocenters. The van der Waals surface area contributed by atoms with Crippen molar-refractivity contribution < 1.29 is 8.42 Å². The van der Waals surface area contributed by atoms with Gasteiger partial charge in [-0.25, -0.2) is 13.1 Å². The molecule has 112 valence electrons. The molecule has 1 aliphatic rings. The van der Waals surface area contributed by atoms with Gasteiger partial charge in [0.25, 0.3) is 0 Å². The summed E-state index contributed by atoms with van der Waals surface area (Å²) in [6.45, 7) is 8.77. The zero-order chi connectivity index (χ0) is 14.9. The highest BCUT2D eigenvalue weighted by atomic mass is 32.2. The minimum absolute atomic E-state index is 0.108. The highest BCUT2D eigenvalue weighted by molar-refractivity contribution is 7.89. The molecule has 1 aromatic carbocycles. The van der Waals surface area contributed by atoms with Crippen molar-refractivity contribution in [1.29, 1.82) is 0 Å². The van der Waals surface area contributed by atoms with E-state index in [1.54, 1.807) is 6.07 Å². The molecule has 0 spiro atoms. The minimum atomic E-state index is -3.40. The van der Waals surface area contributed by atoms with E-state index in [0.717, 1.165) is 17.5 Å². The Kier molecular flexibility index (Phi) is 4.52. The third kappa shape index (κ3) is 3.59. The second-order valence-electron chi connectivity index (χ2n) is 6.02. The smallest absolute Gasteiger partial charge is 0.241 e. The molecule has 0 amide bonds. The molecule has 20 heavy (non-hydrogen) atoms. The van der Waals surface area contributed by atoms with Crippen LogP contribution in [0.15, 0.2) is 23.1 Å². The van der Waals surface area contributed by atoms with Crippen molar-refractivity contribution >= 4 is 10.0 Å². The lowest BCUT2D eigenvalue weighted by Crippen LogP contribution is -2.28. The number of nitrogens with one attached hydrogen (secondary N) is 2. The molecule has 5 heteroatoms. The van der Waals surface area contributed by atoms with Gasteiger partial charge in [0.2, 0.25) is 10.0 Å². The molecule has 0 saturated heterocycles. The second-order valence-corrected chi connectivity index (χ2v) is 7.70. The molecular formula is C15H24N2O2S. The quantitative estimate of drug-likeness (QED) is 0.846. The van der Waals surface area contributed by atoms with Crippen LogP contribution >= 0.6 is 0 Å². The third-order valence-corrected chi connectivity index (χ3v) is 5.44. The second kappa shape index (κ2) is 5.84. The highest BCUT2D eigenvalue weighted by Gasteiger charge is 2.36. The van der Waals surface area contributed by atoms with Crippen LogP contribution in [0.25, 0.3) is 0 Å². The van der Waals surface area contributed by atoms with E-state index in [9.17, 15) is 8.42 Å². The number of sulfonamides is 1. The van der Waals surface area contributed by atoms with Crippen molar-refractivity contribution in [2.75, 3.05) is 0 Å². The summed E-state index contributed by atoms with van der Waals surface area (Å²) >= 11 is 0. The Morgan fingerprint density at radius 1 is 1.35 bits per heavy atom. The third-order valence-electron chi connectivity index (χ3n) is 3.80. The first-order chi connectivity index (χ1) is 9.31. The largest absolute Gasteiger partial charge is 0.310 e. The lowest BCUT2D eigenvalue weighted by atomic mass is 10.1. The van der Waals surface area contributed by atoms with E-state index in [-0.39, 0.29) is 6.04 Å². The van der Waals surface area contributed by atoms with Crippen LogP contribution in [0.3, 0.4) is 0 Å². The van der Waals surface area contributed by atoms with Gasteiger partial charge in [0.15, 0.2) is 0 Å². The van der Waals surface area contributed by atoms with Crippen molar-refractivity contribution in [2.45, 2.75) is 57.6 Å². The fraction of sp³-hybridized carbons (Fsp3) is 0.600. The van der Waals surface area contributed by atoms with Gasteiger partial charge in [-0.05, 0) is 36.5 Å². The normalized spacial score (nSPS) is 22.2. The van der Waals surface area contributed by atoms with Crippen LogP contribution in [-0.4, -0.2) is 20.5 Å². The molecule has 0 aliphatic heterocycles. The summed E-state index contributed by atoms with van der Waals surface area (Å²) < 4.78 is 27.6. The van der Waals surface area contributed by atoms with Crippen molar-refractivity contribution in [3.05, 3.63) is 29.3 Å². The number of hydrogen-bond acceptors (Lipinski definition) is 3. The number of hydrogen-bond donors (Lipinski definition) is 2. The molecule has 2 N–H and O–H groups in total. The minimum Gasteiger partial charge on any atom is -0.310 e. The van der Waals surface area contributed by atoms with Crippen molar-refractivity contribution in [3.8, 4) is 0 Å². The molecule has 1 saturated carbocycles. The van der Waals surface area contributed by atoms with Gasteiger partial charge in [-0.3, -0.25) is 0 Å². The zero-order valence-electron chi connectivity index (χ0n) is 12.6. The van der Waals surface area contributed by atoms with Crippen LogP contribution in [0.2, 0.25) is 0 Å². The molecule has 0 bridgehead atoms. The predicted molar refractivity (Wildman–Crippen MR) is 81.0 cm³/mol. The lowest BCUT2D eigenvalue weighted by Gasteiger charge is -2.14. The fourth-order valence-electron chi connectivity index (χ4n) is 2.21. The lowest BCUT2D eigenvalue weighted by molar-refractivity contribution is 0.575. The van der Waals surface area contributed by atoms with Gasteiger partial charge in [0.1, 0.15) is 0 Å². The van der Waals surface area contributed by atoms with Gasteiger partial charge in [-0.2, -0.15) is 0 Å². The van der Waals surface area contributed by atoms with Crippen LogP contribution < -0.4 is 10.0 Å². The van der Waals surface area contributed by atoms with E-state index in [0.29, 0.717) is 23.4 Å². The Balaban J connectivity index is 2.21. The molecule has 1 aromatic rings. The van der Waals surface area contributed by atoms with Crippen LogP contribution in [0.1, 0.15) is 38.3 Å². The molecule has 0 aromatic heterocycles. The molecule has 4 nitrogen and oxygen atoms in total. The highest BCUT2D eigenvalue weighted by Crippen LogP contribution is 2.31. The van der Waals surface area contributed by atoms with E-state index in [4.69, 9.17) is 0 Å². The van der Waals surface area contributed by atoms with Crippen molar-refractivity contribution in [3.63, 3.8) is 0 Å². The molecule has 1 aliphatic carbocycles. The molecule has 1 fully saturated rings. The van der Waals surface area contributed by atoms with Gasteiger partial charge in [-0.1, -0.05) is 32.9 Å². The molecular weight excluding hydrogens is 272 g/mol. The Morgan fingerprint density at radius 3 is 2.55 bits per heavy atom. The summed E-state index contributed by atoms with van der Waals surface area (Å²) in [4.78, 5) is 0.402. The maximum atomic E-state index is 12.4. The first-order valence-electron chi connectivity index (χ1n) is 7.15. The van der Waals surface area contributed by atoms with Crippen LogP contribution in [-0.2, 0) is 16.6 Å². The molecule has 2 rings (SSSR count). The van der Waals surface area contributed by atoms with Crippen LogP contribution in [0.5, 0.6) is 0 Å². The van der Waals surface area contributed by atoms with Gasteiger partial charge in [0, 0.05) is 18.6 Å². The van der Waals surface area contributed by atoms with E-state index in [2.05, 4.69) is 30.8 Å². The predicted octanol–water partition coefficient (Wildman–Crippen LogP) is 2.18. The van der Waals surface area contributed by atoms with Crippen LogP contribution in [0, 0.1) is 12.8 Å². The standard InChI is InChI=1S/C15H24N2O2S/c1-10(2)16-9-13-6-5-7-15(12(13)4)20(18,19)17-14-8-11(14)3/h5-7,10-11,14,16-17H,8-9H2,1-4H3. The maximum absolute atomic E-state index is 12.4.